The number of benzene rings is 1. The van der Waals surface area contributed by atoms with E-state index in [9.17, 15) is 0 Å². The van der Waals surface area contributed by atoms with Gasteiger partial charge in [0.05, 0.1) is 11.4 Å². The molecule has 3 aromatic rings. The van der Waals surface area contributed by atoms with E-state index in [1.54, 1.807) is 0 Å². The largest absolute Gasteiger partial charge is 0.324 e. The van der Waals surface area contributed by atoms with Crippen molar-refractivity contribution < 1.29 is 0 Å². The first-order valence-corrected chi connectivity index (χ1v) is 7.85. The van der Waals surface area contributed by atoms with Crippen molar-refractivity contribution in [2.24, 2.45) is 7.05 Å². The van der Waals surface area contributed by atoms with E-state index in [4.69, 9.17) is 4.98 Å². The minimum atomic E-state index is 0.633. The molecule has 0 aliphatic heterocycles. The highest BCUT2D eigenvalue weighted by Crippen LogP contribution is 2.34. The van der Waals surface area contributed by atoms with Gasteiger partial charge in [-0.15, -0.1) is 0 Å². The van der Waals surface area contributed by atoms with Crippen LogP contribution in [0, 0.1) is 13.8 Å². The summed E-state index contributed by atoms with van der Waals surface area (Å²) in [5, 5.41) is 7.94. The molecule has 1 aromatic carbocycles. The van der Waals surface area contributed by atoms with Gasteiger partial charge in [0.2, 0.25) is 5.95 Å². The van der Waals surface area contributed by atoms with E-state index in [2.05, 4.69) is 35.3 Å². The zero-order valence-electron chi connectivity index (χ0n) is 13.6. The number of rotatable bonds is 2. The summed E-state index contributed by atoms with van der Waals surface area (Å²) >= 11 is 0. The van der Waals surface area contributed by atoms with Crippen molar-refractivity contribution in [3.05, 3.63) is 53.0 Å². The third kappa shape index (κ3) is 2.29. The van der Waals surface area contributed by atoms with Crippen molar-refractivity contribution in [1.82, 2.24) is 19.7 Å². The highest BCUT2D eigenvalue weighted by molar-refractivity contribution is 5.72. The Labute approximate surface area is 135 Å². The predicted octanol–water partition coefficient (Wildman–Crippen LogP) is 3.34. The topological polar surface area (TPSA) is 55.6 Å². The van der Waals surface area contributed by atoms with Gasteiger partial charge in [0.25, 0.3) is 0 Å². The molecule has 0 fully saturated rings. The van der Waals surface area contributed by atoms with Crippen LogP contribution in [0.5, 0.6) is 0 Å². The molecule has 0 radical (unpaired) electrons. The predicted molar refractivity (Wildman–Crippen MR) is 90.8 cm³/mol. The standard InChI is InChI=1S/C18H19N5/c1-11-6-4-5-7-14(11)20-18-19-10-13-8-9-15-16(17(13)21-18)12(2)23(3)22-15/h4-7,10H,8-9H2,1-3H3,(H,19,20,21). The lowest BCUT2D eigenvalue weighted by molar-refractivity contribution is 0.717. The lowest BCUT2D eigenvalue weighted by Crippen LogP contribution is -2.08. The van der Waals surface area contributed by atoms with E-state index in [0.717, 1.165) is 35.6 Å². The SMILES string of the molecule is Cc1ccccc1Nc1ncc2c(n1)-c1c(nn(C)c1C)CC2. The monoisotopic (exact) mass is 305 g/mol. The number of anilines is 2. The van der Waals surface area contributed by atoms with Crippen LogP contribution in [0.3, 0.4) is 0 Å². The molecule has 5 heteroatoms. The van der Waals surface area contributed by atoms with Crippen LogP contribution < -0.4 is 5.32 Å². The zero-order valence-corrected chi connectivity index (χ0v) is 13.6. The molecule has 5 nitrogen and oxygen atoms in total. The molecule has 0 saturated carbocycles. The van der Waals surface area contributed by atoms with Crippen LogP contribution in [0.4, 0.5) is 11.6 Å². The van der Waals surface area contributed by atoms with Crippen molar-refractivity contribution in [1.29, 1.82) is 0 Å². The van der Waals surface area contributed by atoms with Gasteiger partial charge in [0.15, 0.2) is 0 Å². The Morgan fingerprint density at radius 3 is 2.78 bits per heavy atom. The highest BCUT2D eigenvalue weighted by Gasteiger charge is 2.24. The fourth-order valence-corrected chi connectivity index (χ4v) is 3.11. The van der Waals surface area contributed by atoms with Crippen LogP contribution in [0.2, 0.25) is 0 Å². The Balaban J connectivity index is 1.78. The molecule has 0 bridgehead atoms. The molecule has 1 N–H and O–H groups in total. The maximum atomic E-state index is 4.79. The Morgan fingerprint density at radius 2 is 1.96 bits per heavy atom. The van der Waals surface area contributed by atoms with Gasteiger partial charge >= 0.3 is 0 Å². The molecule has 4 rings (SSSR count). The number of nitrogens with zero attached hydrogens (tertiary/aromatic N) is 4. The molecule has 2 heterocycles. The number of aromatic nitrogens is 4. The second-order valence-electron chi connectivity index (χ2n) is 6.04. The Morgan fingerprint density at radius 1 is 1.13 bits per heavy atom. The van der Waals surface area contributed by atoms with Gasteiger partial charge in [0, 0.05) is 30.2 Å². The summed E-state index contributed by atoms with van der Waals surface area (Å²) in [5.74, 6) is 0.633. The van der Waals surface area contributed by atoms with Gasteiger partial charge < -0.3 is 5.32 Å². The minimum Gasteiger partial charge on any atom is -0.324 e. The van der Waals surface area contributed by atoms with Crippen molar-refractivity contribution in [2.75, 3.05) is 5.32 Å². The van der Waals surface area contributed by atoms with Crippen molar-refractivity contribution in [2.45, 2.75) is 26.7 Å². The first kappa shape index (κ1) is 13.9. The average molecular weight is 305 g/mol. The van der Waals surface area contributed by atoms with E-state index in [1.165, 1.54) is 16.7 Å². The minimum absolute atomic E-state index is 0.633. The molecule has 23 heavy (non-hydrogen) atoms. The molecule has 1 aliphatic carbocycles. The molecule has 0 atom stereocenters. The number of fused-ring (bicyclic) bond motifs is 3. The summed E-state index contributed by atoms with van der Waals surface area (Å²) in [6.07, 6.45) is 3.85. The maximum absolute atomic E-state index is 4.79. The molecule has 0 unspecified atom stereocenters. The van der Waals surface area contributed by atoms with Crippen LogP contribution in [0.15, 0.2) is 30.5 Å². The molecule has 0 spiro atoms. The number of hydrogen-bond donors (Lipinski definition) is 1. The molecular weight excluding hydrogens is 286 g/mol. The van der Waals surface area contributed by atoms with Crippen LogP contribution >= 0.6 is 0 Å². The van der Waals surface area contributed by atoms with E-state index in [1.807, 2.05) is 36.1 Å². The number of hydrogen-bond acceptors (Lipinski definition) is 4. The van der Waals surface area contributed by atoms with Crippen LogP contribution in [0.1, 0.15) is 22.5 Å². The third-order valence-corrected chi connectivity index (χ3v) is 4.53. The maximum Gasteiger partial charge on any atom is 0.227 e. The van der Waals surface area contributed by atoms with Crippen LogP contribution in [-0.2, 0) is 19.9 Å². The van der Waals surface area contributed by atoms with Gasteiger partial charge in [0.1, 0.15) is 0 Å². The fraction of sp³-hybridized carbons (Fsp3) is 0.278. The fourth-order valence-electron chi connectivity index (χ4n) is 3.11. The summed E-state index contributed by atoms with van der Waals surface area (Å²) < 4.78 is 1.94. The third-order valence-electron chi connectivity index (χ3n) is 4.53. The van der Waals surface area contributed by atoms with E-state index >= 15 is 0 Å². The summed E-state index contributed by atoms with van der Waals surface area (Å²) in [4.78, 5) is 9.28. The summed E-state index contributed by atoms with van der Waals surface area (Å²) in [5.41, 5.74) is 7.88. The number of aryl methyl sites for hydroxylation is 4. The van der Waals surface area contributed by atoms with Crippen LogP contribution in [-0.4, -0.2) is 19.7 Å². The summed E-state index contributed by atoms with van der Waals surface area (Å²) in [7, 11) is 1.99. The first-order chi connectivity index (χ1) is 11.1. The van der Waals surface area contributed by atoms with Gasteiger partial charge in [-0.1, -0.05) is 18.2 Å². The Kier molecular flexibility index (Phi) is 3.15. The van der Waals surface area contributed by atoms with Gasteiger partial charge in [-0.25, -0.2) is 9.97 Å². The average Bonchev–Trinajstić information content (AvgIpc) is 2.85. The van der Waals surface area contributed by atoms with Gasteiger partial charge in [-0.2, -0.15) is 5.10 Å². The number of nitrogens with one attached hydrogen (secondary N) is 1. The lowest BCUT2D eigenvalue weighted by atomic mass is 9.94. The quantitative estimate of drug-likeness (QED) is 0.789. The summed E-state index contributed by atoms with van der Waals surface area (Å²) in [6.45, 7) is 4.17. The molecule has 0 saturated heterocycles. The molecule has 116 valence electrons. The molecule has 0 amide bonds. The Hall–Kier alpha value is -2.69. The van der Waals surface area contributed by atoms with Gasteiger partial charge in [-0.05, 0) is 43.9 Å². The smallest absolute Gasteiger partial charge is 0.227 e. The molecule has 2 aromatic heterocycles. The zero-order chi connectivity index (χ0) is 16.0. The second-order valence-corrected chi connectivity index (χ2v) is 6.04. The van der Waals surface area contributed by atoms with Crippen molar-refractivity contribution >= 4 is 11.6 Å². The highest BCUT2D eigenvalue weighted by atomic mass is 15.3. The van der Waals surface area contributed by atoms with Crippen LogP contribution in [0.25, 0.3) is 11.3 Å². The van der Waals surface area contributed by atoms with Gasteiger partial charge in [-0.3, -0.25) is 4.68 Å². The lowest BCUT2D eigenvalue weighted by Gasteiger charge is -2.16. The summed E-state index contributed by atoms with van der Waals surface area (Å²) in [6, 6.07) is 8.15. The number of para-hydroxylation sites is 1. The normalized spacial score (nSPS) is 12.7. The second kappa shape index (κ2) is 5.19. The van der Waals surface area contributed by atoms with Crippen molar-refractivity contribution in [3.63, 3.8) is 0 Å². The Bertz CT molecular complexity index is 894. The van der Waals surface area contributed by atoms with E-state index in [-0.39, 0.29) is 0 Å². The van der Waals surface area contributed by atoms with E-state index in [0.29, 0.717) is 5.95 Å². The van der Waals surface area contributed by atoms with E-state index < -0.39 is 0 Å². The first-order valence-electron chi connectivity index (χ1n) is 7.85. The molecule has 1 aliphatic rings. The van der Waals surface area contributed by atoms with Crippen molar-refractivity contribution in [3.8, 4) is 11.3 Å². The molecular formula is C18H19N5.